The van der Waals surface area contributed by atoms with E-state index in [9.17, 15) is 0 Å². The van der Waals surface area contributed by atoms with Gasteiger partial charge in [-0.15, -0.1) is 11.3 Å². The zero-order valence-electron chi connectivity index (χ0n) is 7.73. The van der Waals surface area contributed by atoms with E-state index in [-0.39, 0.29) is 0 Å². The average molecular weight is 198 g/mol. The van der Waals surface area contributed by atoms with Crippen molar-refractivity contribution in [3.8, 4) is 0 Å². The molecule has 3 rings (SSSR count). The van der Waals surface area contributed by atoms with Gasteiger partial charge in [0.2, 0.25) is 0 Å². The molecule has 0 radical (unpaired) electrons. The van der Waals surface area contributed by atoms with Crippen LogP contribution in [0.25, 0.3) is 16.2 Å². The Bertz CT molecular complexity index is 529. The third-order valence-corrected chi connectivity index (χ3v) is 3.72. The summed E-state index contributed by atoms with van der Waals surface area (Å²) in [4.78, 5) is 1.41. The Morgan fingerprint density at radius 3 is 3.00 bits per heavy atom. The Balaban J connectivity index is 2.37. The molecule has 0 saturated heterocycles. The molecule has 1 aliphatic carbocycles. The van der Waals surface area contributed by atoms with Crippen LogP contribution in [0.15, 0.2) is 42.5 Å². The third kappa shape index (κ3) is 1.13. The molecule has 1 aromatic carbocycles. The van der Waals surface area contributed by atoms with E-state index in [1.807, 2.05) is 11.3 Å². The number of benzene rings is 1. The van der Waals surface area contributed by atoms with Gasteiger partial charge >= 0.3 is 0 Å². The van der Waals surface area contributed by atoms with Crippen molar-refractivity contribution in [2.24, 2.45) is 0 Å². The lowest BCUT2D eigenvalue weighted by Gasteiger charge is -1.94. The molecule has 1 aromatic heterocycles. The number of fused-ring (bicyclic) bond motifs is 3. The first-order valence-electron chi connectivity index (χ1n) is 4.79. The van der Waals surface area contributed by atoms with Gasteiger partial charge in [0, 0.05) is 9.58 Å². The van der Waals surface area contributed by atoms with Crippen LogP contribution in [0.2, 0.25) is 0 Å². The summed E-state index contributed by atoms with van der Waals surface area (Å²) in [6.07, 6.45) is 9.75. The van der Waals surface area contributed by atoms with Crippen molar-refractivity contribution in [2.75, 3.05) is 0 Å². The number of hydrogen-bond donors (Lipinski definition) is 0. The molecule has 0 amide bonds. The maximum Gasteiger partial charge on any atom is 0.0352 e. The van der Waals surface area contributed by atoms with E-state index in [1.54, 1.807) is 0 Å². The standard InChI is InChI=1S/C13H10S/c1-2-6-10-11-7-4-5-9-13(11)14-12(10)8-3-1/h1-5,7-9H,6H2. The molecule has 0 atom stereocenters. The molecule has 0 N–H and O–H groups in total. The molecule has 0 fully saturated rings. The second-order valence-electron chi connectivity index (χ2n) is 3.43. The van der Waals surface area contributed by atoms with E-state index >= 15 is 0 Å². The van der Waals surface area contributed by atoms with E-state index in [0.717, 1.165) is 6.42 Å². The van der Waals surface area contributed by atoms with Gasteiger partial charge in [-0.25, -0.2) is 0 Å². The first-order chi connectivity index (χ1) is 6.95. The highest BCUT2D eigenvalue weighted by molar-refractivity contribution is 7.20. The van der Waals surface area contributed by atoms with Gasteiger partial charge in [-0.3, -0.25) is 0 Å². The maximum absolute atomic E-state index is 2.22. The van der Waals surface area contributed by atoms with Gasteiger partial charge in [-0.05, 0) is 29.5 Å². The molecule has 0 saturated carbocycles. The molecule has 0 spiro atoms. The van der Waals surface area contributed by atoms with Crippen LogP contribution in [-0.4, -0.2) is 0 Å². The van der Waals surface area contributed by atoms with Gasteiger partial charge in [0.1, 0.15) is 0 Å². The van der Waals surface area contributed by atoms with Crippen molar-refractivity contribution < 1.29 is 0 Å². The molecular weight excluding hydrogens is 188 g/mol. The van der Waals surface area contributed by atoms with Crippen molar-refractivity contribution in [1.82, 2.24) is 0 Å². The molecule has 0 nitrogen and oxygen atoms in total. The second-order valence-corrected chi connectivity index (χ2v) is 4.52. The van der Waals surface area contributed by atoms with Crippen molar-refractivity contribution in [3.05, 3.63) is 52.9 Å². The molecule has 1 heteroatoms. The second kappa shape index (κ2) is 3.10. The molecule has 0 bridgehead atoms. The van der Waals surface area contributed by atoms with Crippen LogP contribution in [0.4, 0.5) is 0 Å². The third-order valence-electron chi connectivity index (χ3n) is 2.55. The van der Waals surface area contributed by atoms with E-state index in [0.29, 0.717) is 0 Å². The van der Waals surface area contributed by atoms with Crippen LogP contribution in [-0.2, 0) is 6.42 Å². The van der Waals surface area contributed by atoms with E-state index in [4.69, 9.17) is 0 Å². The van der Waals surface area contributed by atoms with Crippen molar-refractivity contribution in [1.29, 1.82) is 0 Å². The minimum atomic E-state index is 1.06. The minimum absolute atomic E-state index is 1.06. The highest BCUT2D eigenvalue weighted by Gasteiger charge is 2.08. The van der Waals surface area contributed by atoms with Gasteiger partial charge in [0.15, 0.2) is 0 Å². The Labute approximate surface area is 87.2 Å². The average Bonchev–Trinajstić information content (AvgIpc) is 2.42. The first kappa shape index (κ1) is 8.01. The molecule has 68 valence electrons. The lowest BCUT2D eigenvalue weighted by atomic mass is 10.1. The number of thiophene rings is 1. The molecule has 2 aromatic rings. The smallest absolute Gasteiger partial charge is 0.0352 e. The fraction of sp³-hybridized carbons (Fsp3) is 0.0769. The molecule has 1 aliphatic rings. The van der Waals surface area contributed by atoms with Crippen LogP contribution in [0.3, 0.4) is 0 Å². The highest BCUT2D eigenvalue weighted by Crippen LogP contribution is 2.33. The SMILES string of the molecule is C1=CCc2c(sc3ccccc23)C=C1. The van der Waals surface area contributed by atoms with Crippen molar-refractivity contribution >= 4 is 27.5 Å². The number of hydrogen-bond acceptors (Lipinski definition) is 1. The fourth-order valence-electron chi connectivity index (χ4n) is 1.87. The maximum atomic E-state index is 2.22. The fourth-order valence-corrected chi connectivity index (χ4v) is 3.02. The Morgan fingerprint density at radius 2 is 2.00 bits per heavy atom. The van der Waals surface area contributed by atoms with E-state index in [1.165, 1.54) is 20.5 Å². The predicted octanol–water partition coefficient (Wildman–Crippen LogP) is 4.03. The van der Waals surface area contributed by atoms with Crippen LogP contribution in [0, 0.1) is 0 Å². The van der Waals surface area contributed by atoms with Crippen molar-refractivity contribution in [2.45, 2.75) is 6.42 Å². The molecule has 0 aliphatic heterocycles. The Hall–Kier alpha value is -1.34. The van der Waals surface area contributed by atoms with Crippen LogP contribution >= 0.6 is 11.3 Å². The summed E-state index contributed by atoms with van der Waals surface area (Å²) in [5, 5.41) is 1.42. The monoisotopic (exact) mass is 198 g/mol. The van der Waals surface area contributed by atoms with Gasteiger partial charge in [-0.2, -0.15) is 0 Å². The topological polar surface area (TPSA) is 0 Å². The van der Waals surface area contributed by atoms with E-state index in [2.05, 4.69) is 48.6 Å². The van der Waals surface area contributed by atoms with E-state index < -0.39 is 0 Å². The Morgan fingerprint density at radius 1 is 1.07 bits per heavy atom. The van der Waals surface area contributed by atoms with Crippen LogP contribution < -0.4 is 0 Å². The van der Waals surface area contributed by atoms with Crippen LogP contribution in [0.1, 0.15) is 10.4 Å². The van der Waals surface area contributed by atoms with Gasteiger partial charge < -0.3 is 0 Å². The minimum Gasteiger partial charge on any atom is -0.136 e. The number of allylic oxidation sites excluding steroid dienone is 3. The largest absolute Gasteiger partial charge is 0.136 e. The molecule has 14 heavy (non-hydrogen) atoms. The normalized spacial score (nSPS) is 14.3. The summed E-state index contributed by atoms with van der Waals surface area (Å²) in [5.41, 5.74) is 1.48. The summed E-state index contributed by atoms with van der Waals surface area (Å²) in [7, 11) is 0. The summed E-state index contributed by atoms with van der Waals surface area (Å²) < 4.78 is 1.40. The predicted molar refractivity (Wildman–Crippen MR) is 63.7 cm³/mol. The summed E-state index contributed by atoms with van der Waals surface area (Å²) >= 11 is 1.89. The van der Waals surface area contributed by atoms with Gasteiger partial charge in [0.05, 0.1) is 0 Å². The molecule has 1 heterocycles. The first-order valence-corrected chi connectivity index (χ1v) is 5.60. The summed E-state index contributed by atoms with van der Waals surface area (Å²) in [5.74, 6) is 0. The van der Waals surface area contributed by atoms with Crippen molar-refractivity contribution in [3.63, 3.8) is 0 Å². The zero-order valence-corrected chi connectivity index (χ0v) is 8.55. The lowest BCUT2D eigenvalue weighted by molar-refractivity contribution is 1.32. The lowest BCUT2D eigenvalue weighted by Crippen LogP contribution is -1.79. The zero-order chi connectivity index (χ0) is 9.38. The highest BCUT2D eigenvalue weighted by atomic mass is 32.1. The van der Waals surface area contributed by atoms with Gasteiger partial charge in [0.25, 0.3) is 0 Å². The quantitative estimate of drug-likeness (QED) is 0.599. The molecular formula is C13H10S. The summed E-state index contributed by atoms with van der Waals surface area (Å²) in [6.45, 7) is 0. The van der Waals surface area contributed by atoms with Gasteiger partial charge in [-0.1, -0.05) is 36.4 Å². The van der Waals surface area contributed by atoms with Crippen LogP contribution in [0.5, 0.6) is 0 Å². The number of rotatable bonds is 0. The molecule has 0 unspecified atom stereocenters. The summed E-state index contributed by atoms with van der Waals surface area (Å²) in [6, 6.07) is 8.65. The Kier molecular flexibility index (Phi) is 1.78.